The van der Waals surface area contributed by atoms with Crippen molar-refractivity contribution < 1.29 is 23.8 Å². The van der Waals surface area contributed by atoms with E-state index >= 15 is 0 Å². The first-order valence-corrected chi connectivity index (χ1v) is 5.27. The van der Waals surface area contributed by atoms with Gasteiger partial charge in [0.1, 0.15) is 29.4 Å². The van der Waals surface area contributed by atoms with Crippen molar-refractivity contribution in [1.29, 1.82) is 0 Å². The normalized spacial score (nSPS) is 10.1. The lowest BCUT2D eigenvalue weighted by atomic mass is 10.2. The molecule has 0 radical (unpaired) electrons. The van der Waals surface area contributed by atoms with Gasteiger partial charge in [-0.1, -0.05) is 0 Å². The van der Waals surface area contributed by atoms with Crippen LogP contribution in [0.1, 0.15) is 16.1 Å². The molecule has 1 heterocycles. The molecule has 5 heteroatoms. The first-order chi connectivity index (χ1) is 8.70. The molecule has 0 spiro atoms. The maximum absolute atomic E-state index is 11.0. The molecule has 0 amide bonds. The van der Waals surface area contributed by atoms with Gasteiger partial charge >= 0.3 is 5.97 Å². The molecule has 0 saturated heterocycles. The summed E-state index contributed by atoms with van der Waals surface area (Å²) in [6.45, 7) is 0.167. The van der Waals surface area contributed by atoms with Crippen molar-refractivity contribution in [3.8, 4) is 11.5 Å². The van der Waals surface area contributed by atoms with Gasteiger partial charge in [-0.3, -0.25) is 0 Å². The summed E-state index contributed by atoms with van der Waals surface area (Å²) in [5.74, 6) is 0.356. The standard InChI is InChI=1S/C13H12O5/c1-16-9-4-5-11(13(14)15)12(7-9)18-8-10-3-2-6-17-10/h2-7H,8H2,1H3,(H,14,15). The fourth-order valence-corrected chi connectivity index (χ4v) is 1.47. The highest BCUT2D eigenvalue weighted by Crippen LogP contribution is 2.25. The molecule has 2 aromatic rings. The van der Waals surface area contributed by atoms with Crippen molar-refractivity contribution in [3.63, 3.8) is 0 Å². The van der Waals surface area contributed by atoms with Crippen molar-refractivity contribution in [2.75, 3.05) is 7.11 Å². The molecule has 2 rings (SSSR count). The van der Waals surface area contributed by atoms with Gasteiger partial charge in [0.25, 0.3) is 0 Å². The van der Waals surface area contributed by atoms with Crippen LogP contribution < -0.4 is 9.47 Å². The molecule has 0 aliphatic rings. The first kappa shape index (κ1) is 12.0. The fourth-order valence-electron chi connectivity index (χ4n) is 1.47. The summed E-state index contributed by atoms with van der Waals surface area (Å²) in [4.78, 5) is 11.0. The number of aromatic carboxylic acids is 1. The third kappa shape index (κ3) is 2.63. The van der Waals surface area contributed by atoms with Gasteiger partial charge in [0, 0.05) is 6.07 Å². The molecule has 0 bridgehead atoms. The van der Waals surface area contributed by atoms with Gasteiger partial charge in [0.15, 0.2) is 0 Å². The zero-order valence-electron chi connectivity index (χ0n) is 9.75. The van der Waals surface area contributed by atoms with Crippen LogP contribution in [0.4, 0.5) is 0 Å². The Morgan fingerprint density at radius 2 is 2.22 bits per heavy atom. The number of methoxy groups -OCH3 is 1. The Kier molecular flexibility index (Phi) is 3.52. The average Bonchev–Trinajstić information content (AvgIpc) is 2.88. The Balaban J connectivity index is 2.20. The molecule has 0 aliphatic heterocycles. The molecule has 0 aliphatic carbocycles. The monoisotopic (exact) mass is 248 g/mol. The smallest absolute Gasteiger partial charge is 0.339 e. The van der Waals surface area contributed by atoms with Crippen LogP contribution in [0, 0.1) is 0 Å². The summed E-state index contributed by atoms with van der Waals surface area (Å²) in [6.07, 6.45) is 1.53. The van der Waals surface area contributed by atoms with E-state index in [9.17, 15) is 4.79 Å². The zero-order chi connectivity index (χ0) is 13.0. The van der Waals surface area contributed by atoms with E-state index in [0.29, 0.717) is 11.5 Å². The number of carboxylic acids is 1. The molecular formula is C13H12O5. The van der Waals surface area contributed by atoms with Gasteiger partial charge < -0.3 is 19.0 Å². The van der Waals surface area contributed by atoms with Gasteiger partial charge in [-0.15, -0.1) is 0 Å². The third-order valence-electron chi connectivity index (χ3n) is 2.37. The number of carbonyl (C=O) groups is 1. The molecular weight excluding hydrogens is 236 g/mol. The summed E-state index contributed by atoms with van der Waals surface area (Å²) in [6, 6.07) is 8.04. The predicted molar refractivity (Wildman–Crippen MR) is 63.0 cm³/mol. The molecule has 0 atom stereocenters. The van der Waals surface area contributed by atoms with E-state index in [1.165, 1.54) is 25.5 Å². The molecule has 5 nitrogen and oxygen atoms in total. The number of hydrogen-bond donors (Lipinski definition) is 1. The van der Waals surface area contributed by atoms with Crippen molar-refractivity contribution in [2.45, 2.75) is 6.61 Å². The zero-order valence-corrected chi connectivity index (χ0v) is 9.75. The number of carboxylic acid groups (broad SMARTS) is 1. The summed E-state index contributed by atoms with van der Waals surface area (Å²) >= 11 is 0. The Bertz CT molecular complexity index is 530. The minimum absolute atomic E-state index is 0.0855. The van der Waals surface area contributed by atoms with E-state index in [4.69, 9.17) is 19.0 Å². The van der Waals surface area contributed by atoms with Crippen molar-refractivity contribution in [2.24, 2.45) is 0 Å². The predicted octanol–water partition coefficient (Wildman–Crippen LogP) is 2.57. The van der Waals surface area contributed by atoms with Crippen molar-refractivity contribution >= 4 is 5.97 Å². The lowest BCUT2D eigenvalue weighted by Gasteiger charge is -2.09. The molecule has 0 unspecified atom stereocenters. The van der Waals surface area contributed by atoms with Crippen LogP contribution in [0.25, 0.3) is 0 Å². The lowest BCUT2D eigenvalue weighted by Crippen LogP contribution is -2.03. The highest BCUT2D eigenvalue weighted by molar-refractivity contribution is 5.91. The summed E-state index contributed by atoms with van der Waals surface area (Å²) in [7, 11) is 1.51. The van der Waals surface area contributed by atoms with Crippen LogP contribution in [0.15, 0.2) is 41.0 Å². The Morgan fingerprint density at radius 3 is 2.83 bits per heavy atom. The molecule has 1 N–H and O–H groups in total. The Morgan fingerprint density at radius 1 is 1.39 bits per heavy atom. The van der Waals surface area contributed by atoms with Crippen molar-refractivity contribution in [1.82, 2.24) is 0 Å². The van der Waals surface area contributed by atoms with E-state index in [2.05, 4.69) is 0 Å². The maximum Gasteiger partial charge on any atom is 0.339 e. The van der Waals surface area contributed by atoms with Gasteiger partial charge in [-0.2, -0.15) is 0 Å². The maximum atomic E-state index is 11.0. The molecule has 1 aromatic carbocycles. The van der Waals surface area contributed by atoms with E-state index < -0.39 is 5.97 Å². The topological polar surface area (TPSA) is 68.9 Å². The van der Waals surface area contributed by atoms with E-state index in [1.807, 2.05) is 0 Å². The van der Waals surface area contributed by atoms with E-state index in [1.54, 1.807) is 18.2 Å². The second-order valence-electron chi connectivity index (χ2n) is 3.54. The van der Waals surface area contributed by atoms with Crippen LogP contribution >= 0.6 is 0 Å². The van der Waals surface area contributed by atoms with Gasteiger partial charge in [-0.05, 0) is 24.3 Å². The molecule has 0 saturated carbocycles. The number of hydrogen-bond acceptors (Lipinski definition) is 4. The highest BCUT2D eigenvalue weighted by atomic mass is 16.5. The summed E-state index contributed by atoms with van der Waals surface area (Å²) in [5, 5.41) is 9.04. The third-order valence-corrected chi connectivity index (χ3v) is 2.37. The number of ether oxygens (including phenoxy) is 2. The number of furan rings is 1. The van der Waals surface area contributed by atoms with Gasteiger partial charge in [0.2, 0.25) is 0 Å². The fraction of sp³-hybridized carbons (Fsp3) is 0.154. The summed E-state index contributed by atoms with van der Waals surface area (Å²) in [5.41, 5.74) is 0.0855. The average molecular weight is 248 g/mol. The SMILES string of the molecule is COc1ccc(C(=O)O)c(OCc2ccco2)c1. The second kappa shape index (κ2) is 5.27. The van der Waals surface area contributed by atoms with E-state index in [-0.39, 0.29) is 17.9 Å². The second-order valence-corrected chi connectivity index (χ2v) is 3.54. The largest absolute Gasteiger partial charge is 0.497 e. The van der Waals surface area contributed by atoms with Crippen molar-refractivity contribution in [3.05, 3.63) is 47.9 Å². The minimum atomic E-state index is -1.05. The quantitative estimate of drug-likeness (QED) is 0.880. The van der Waals surface area contributed by atoms with Crippen LogP contribution in [-0.4, -0.2) is 18.2 Å². The van der Waals surface area contributed by atoms with Crippen LogP contribution in [0.2, 0.25) is 0 Å². The minimum Gasteiger partial charge on any atom is -0.497 e. The Labute approximate surface area is 104 Å². The van der Waals surface area contributed by atoms with Crippen LogP contribution in [0.3, 0.4) is 0 Å². The molecule has 0 fully saturated rings. The Hall–Kier alpha value is -2.43. The summed E-state index contributed by atoms with van der Waals surface area (Å²) < 4.78 is 15.6. The van der Waals surface area contributed by atoms with Crippen LogP contribution in [-0.2, 0) is 6.61 Å². The lowest BCUT2D eigenvalue weighted by molar-refractivity contribution is 0.0691. The molecule has 1 aromatic heterocycles. The van der Waals surface area contributed by atoms with E-state index in [0.717, 1.165) is 0 Å². The number of benzene rings is 1. The number of rotatable bonds is 5. The van der Waals surface area contributed by atoms with Gasteiger partial charge in [0.05, 0.1) is 13.4 Å². The molecule has 18 heavy (non-hydrogen) atoms. The van der Waals surface area contributed by atoms with Gasteiger partial charge in [-0.25, -0.2) is 4.79 Å². The van der Waals surface area contributed by atoms with Crippen LogP contribution in [0.5, 0.6) is 11.5 Å². The highest BCUT2D eigenvalue weighted by Gasteiger charge is 2.13. The first-order valence-electron chi connectivity index (χ1n) is 5.27. The molecule has 94 valence electrons.